The number of hydrogen-bond donors (Lipinski definition) is 0. The molecular weight excluding hydrogens is 216 g/mol. The number of aromatic nitrogens is 1. The highest BCUT2D eigenvalue weighted by Gasteiger charge is 2.14. The van der Waals surface area contributed by atoms with Crippen LogP contribution < -0.4 is 0 Å². The Labute approximate surface area is 89.3 Å². The predicted octanol–water partition coefficient (Wildman–Crippen LogP) is 2.73. The van der Waals surface area contributed by atoms with E-state index in [4.69, 9.17) is 4.42 Å². The third kappa shape index (κ3) is 2.16. The van der Waals surface area contributed by atoms with Gasteiger partial charge in [-0.25, -0.2) is 4.98 Å². The first-order valence-corrected chi connectivity index (χ1v) is 4.90. The molecule has 0 amide bonds. The van der Waals surface area contributed by atoms with E-state index >= 15 is 0 Å². The van der Waals surface area contributed by atoms with E-state index in [0.29, 0.717) is 10.1 Å². The lowest BCUT2D eigenvalue weighted by atomic mass is 10.3. The molecule has 0 aliphatic heterocycles. The zero-order valence-corrected chi connectivity index (χ0v) is 8.31. The lowest BCUT2D eigenvalue weighted by Crippen LogP contribution is -1.89. The maximum absolute atomic E-state index is 10.7. The molecule has 0 bridgehead atoms. The third-order valence-corrected chi connectivity index (χ3v) is 2.61. The van der Waals surface area contributed by atoms with Gasteiger partial charge in [0, 0.05) is 6.07 Å². The first-order chi connectivity index (χ1) is 7.27. The van der Waals surface area contributed by atoms with Crippen molar-refractivity contribution >= 4 is 17.4 Å². The van der Waals surface area contributed by atoms with E-state index in [-0.39, 0.29) is 5.69 Å². The SMILES string of the molecule is O=[N+]([O-])c1ccccc1Sc1ncco1. The van der Waals surface area contributed by atoms with Crippen molar-refractivity contribution in [2.75, 3.05) is 0 Å². The van der Waals surface area contributed by atoms with E-state index in [1.165, 1.54) is 18.5 Å². The van der Waals surface area contributed by atoms with Gasteiger partial charge in [-0.2, -0.15) is 0 Å². The van der Waals surface area contributed by atoms with Crippen molar-refractivity contribution in [1.29, 1.82) is 0 Å². The standard InChI is InChI=1S/C9H6N2O3S/c12-11(13)7-3-1-2-4-8(7)15-9-10-5-6-14-9/h1-6H. The van der Waals surface area contributed by atoms with Crippen LogP contribution in [0.1, 0.15) is 0 Å². The molecule has 0 aliphatic rings. The minimum absolute atomic E-state index is 0.0562. The van der Waals surface area contributed by atoms with Crippen LogP contribution in [0.4, 0.5) is 5.69 Å². The molecule has 0 radical (unpaired) electrons. The van der Waals surface area contributed by atoms with Crippen molar-refractivity contribution in [3.8, 4) is 0 Å². The van der Waals surface area contributed by atoms with E-state index in [9.17, 15) is 10.1 Å². The molecule has 1 aromatic carbocycles. The largest absolute Gasteiger partial charge is 0.440 e. The number of nitro groups is 1. The topological polar surface area (TPSA) is 69.2 Å². The average Bonchev–Trinajstić information content (AvgIpc) is 2.71. The van der Waals surface area contributed by atoms with Gasteiger partial charge >= 0.3 is 0 Å². The molecule has 2 aromatic rings. The molecule has 15 heavy (non-hydrogen) atoms. The lowest BCUT2D eigenvalue weighted by molar-refractivity contribution is -0.387. The van der Waals surface area contributed by atoms with Crippen LogP contribution in [0.3, 0.4) is 0 Å². The Kier molecular flexibility index (Phi) is 2.68. The molecule has 0 aliphatic carbocycles. The summed E-state index contributed by atoms with van der Waals surface area (Å²) >= 11 is 1.13. The lowest BCUT2D eigenvalue weighted by Gasteiger charge is -1.98. The van der Waals surface area contributed by atoms with Gasteiger partial charge in [0.25, 0.3) is 10.9 Å². The number of nitro benzene ring substituents is 1. The van der Waals surface area contributed by atoms with Gasteiger partial charge in [0.1, 0.15) is 6.26 Å². The molecule has 0 N–H and O–H groups in total. The molecule has 76 valence electrons. The van der Waals surface area contributed by atoms with Crippen LogP contribution in [0, 0.1) is 10.1 Å². The van der Waals surface area contributed by atoms with Crippen molar-refractivity contribution in [1.82, 2.24) is 4.98 Å². The second-order valence-corrected chi connectivity index (χ2v) is 3.62. The molecule has 5 nitrogen and oxygen atoms in total. The van der Waals surface area contributed by atoms with Crippen molar-refractivity contribution in [3.63, 3.8) is 0 Å². The molecule has 0 atom stereocenters. The van der Waals surface area contributed by atoms with Crippen molar-refractivity contribution in [3.05, 3.63) is 46.8 Å². The summed E-state index contributed by atoms with van der Waals surface area (Å²) in [4.78, 5) is 14.7. The normalized spacial score (nSPS) is 10.1. The van der Waals surface area contributed by atoms with E-state index in [0.717, 1.165) is 11.8 Å². The summed E-state index contributed by atoms with van der Waals surface area (Å²) in [7, 11) is 0. The minimum atomic E-state index is -0.425. The van der Waals surface area contributed by atoms with Gasteiger partial charge in [0.05, 0.1) is 16.0 Å². The molecule has 0 saturated heterocycles. The fourth-order valence-corrected chi connectivity index (χ4v) is 1.85. The highest BCUT2D eigenvalue weighted by atomic mass is 32.2. The molecule has 0 spiro atoms. The van der Waals surface area contributed by atoms with Crippen LogP contribution in [-0.2, 0) is 0 Å². The van der Waals surface area contributed by atoms with Gasteiger partial charge in [0.2, 0.25) is 0 Å². The highest BCUT2D eigenvalue weighted by Crippen LogP contribution is 2.33. The molecule has 6 heteroatoms. The van der Waals surface area contributed by atoms with Crippen LogP contribution in [-0.4, -0.2) is 9.91 Å². The maximum atomic E-state index is 10.7. The first kappa shape index (κ1) is 9.72. The van der Waals surface area contributed by atoms with Crippen LogP contribution in [0.15, 0.2) is 51.3 Å². The van der Waals surface area contributed by atoms with Crippen LogP contribution in [0.5, 0.6) is 0 Å². The fraction of sp³-hybridized carbons (Fsp3) is 0. The Bertz CT molecular complexity index is 470. The molecular formula is C9H6N2O3S. The van der Waals surface area contributed by atoms with Gasteiger partial charge in [0.15, 0.2) is 0 Å². The Morgan fingerprint density at radius 1 is 1.40 bits per heavy atom. The summed E-state index contributed by atoms with van der Waals surface area (Å²) in [6.07, 6.45) is 2.92. The summed E-state index contributed by atoms with van der Waals surface area (Å²) in [5, 5.41) is 11.1. The summed E-state index contributed by atoms with van der Waals surface area (Å²) in [5.74, 6) is 0. The van der Waals surface area contributed by atoms with Crippen LogP contribution in [0.2, 0.25) is 0 Å². The zero-order chi connectivity index (χ0) is 10.7. The Morgan fingerprint density at radius 2 is 2.20 bits per heavy atom. The van der Waals surface area contributed by atoms with Gasteiger partial charge in [-0.05, 0) is 17.8 Å². The fourth-order valence-electron chi connectivity index (χ4n) is 1.05. The Hall–Kier alpha value is -1.82. The van der Waals surface area contributed by atoms with Crippen molar-refractivity contribution < 1.29 is 9.34 Å². The number of rotatable bonds is 3. The number of benzene rings is 1. The van der Waals surface area contributed by atoms with Gasteiger partial charge in [-0.1, -0.05) is 12.1 Å². The number of nitrogens with zero attached hydrogens (tertiary/aromatic N) is 2. The number of hydrogen-bond acceptors (Lipinski definition) is 5. The molecule has 1 aromatic heterocycles. The molecule has 0 fully saturated rings. The third-order valence-electron chi connectivity index (χ3n) is 1.67. The van der Waals surface area contributed by atoms with Gasteiger partial charge in [-0.3, -0.25) is 10.1 Å². The highest BCUT2D eigenvalue weighted by molar-refractivity contribution is 7.99. The first-order valence-electron chi connectivity index (χ1n) is 4.08. The van der Waals surface area contributed by atoms with Crippen molar-refractivity contribution in [2.24, 2.45) is 0 Å². The second-order valence-electron chi connectivity index (χ2n) is 2.62. The molecule has 2 rings (SSSR count). The summed E-state index contributed by atoms with van der Waals surface area (Å²) in [5.41, 5.74) is 0.0562. The second kappa shape index (κ2) is 4.14. The zero-order valence-electron chi connectivity index (χ0n) is 7.49. The number of oxazole rings is 1. The van der Waals surface area contributed by atoms with Crippen LogP contribution in [0.25, 0.3) is 0 Å². The van der Waals surface area contributed by atoms with Crippen LogP contribution >= 0.6 is 11.8 Å². The molecule has 0 saturated carbocycles. The molecule has 1 heterocycles. The van der Waals surface area contributed by atoms with E-state index < -0.39 is 4.92 Å². The van der Waals surface area contributed by atoms with Gasteiger partial charge < -0.3 is 4.42 Å². The Morgan fingerprint density at radius 3 is 2.87 bits per heavy atom. The summed E-state index contributed by atoms with van der Waals surface area (Å²) < 4.78 is 5.00. The Balaban J connectivity index is 2.32. The summed E-state index contributed by atoms with van der Waals surface area (Å²) in [6, 6.07) is 6.47. The van der Waals surface area contributed by atoms with E-state index in [1.807, 2.05) is 0 Å². The van der Waals surface area contributed by atoms with E-state index in [2.05, 4.69) is 4.98 Å². The van der Waals surface area contributed by atoms with Gasteiger partial charge in [-0.15, -0.1) is 0 Å². The smallest absolute Gasteiger partial charge is 0.283 e. The molecule has 0 unspecified atom stereocenters. The summed E-state index contributed by atoms with van der Waals surface area (Å²) in [6.45, 7) is 0. The van der Waals surface area contributed by atoms with Crippen molar-refractivity contribution in [2.45, 2.75) is 10.1 Å². The quantitative estimate of drug-likeness (QED) is 0.590. The maximum Gasteiger partial charge on any atom is 0.283 e. The number of para-hydroxylation sites is 1. The monoisotopic (exact) mass is 222 g/mol. The minimum Gasteiger partial charge on any atom is -0.440 e. The average molecular weight is 222 g/mol. The predicted molar refractivity (Wildman–Crippen MR) is 53.7 cm³/mol. The van der Waals surface area contributed by atoms with E-state index in [1.54, 1.807) is 18.2 Å².